The van der Waals surface area contributed by atoms with E-state index in [1.165, 1.54) is 25.7 Å². The molecule has 0 aliphatic heterocycles. The average Bonchev–Trinajstić information content (AvgIpc) is 3.09. The van der Waals surface area contributed by atoms with Crippen LogP contribution in [0.2, 0.25) is 0 Å². The van der Waals surface area contributed by atoms with Gasteiger partial charge in [0.2, 0.25) is 0 Å². The highest BCUT2D eigenvalue weighted by Crippen LogP contribution is 2.39. The zero-order valence-corrected chi connectivity index (χ0v) is 10.8. The van der Waals surface area contributed by atoms with Crippen LogP contribution in [0.25, 0.3) is 0 Å². The van der Waals surface area contributed by atoms with Crippen LogP contribution in [0, 0.1) is 0 Å². The van der Waals surface area contributed by atoms with Gasteiger partial charge in [-0.3, -0.25) is 4.79 Å². The normalized spacial score (nSPS) is 25.9. The number of nitrogens with zero attached hydrogens (tertiary/aromatic N) is 2. The summed E-state index contributed by atoms with van der Waals surface area (Å²) in [6.45, 7) is 0. The molecular weight excluding hydrogens is 232 g/mol. The van der Waals surface area contributed by atoms with E-state index in [-0.39, 0.29) is 5.25 Å². The highest BCUT2D eigenvalue weighted by Gasteiger charge is 2.28. The number of rotatable bonds is 3. The first-order valence-electron chi connectivity index (χ1n) is 6.57. The highest BCUT2D eigenvalue weighted by atomic mass is 32.2. The van der Waals surface area contributed by atoms with Crippen LogP contribution in [0.5, 0.6) is 0 Å². The Bertz CT molecular complexity index is 411. The van der Waals surface area contributed by atoms with Crippen molar-refractivity contribution in [2.75, 3.05) is 0 Å². The summed E-state index contributed by atoms with van der Waals surface area (Å²) in [5, 5.41) is 1.20. The Hall–Kier alpha value is -0.770. The Morgan fingerprint density at radius 2 is 2.12 bits per heavy atom. The molecule has 0 spiro atoms. The lowest BCUT2D eigenvalue weighted by molar-refractivity contribution is -0.118. The largest absolute Gasteiger partial charge is 0.323 e. The molecule has 1 aromatic rings. The molecule has 0 bridgehead atoms. The van der Waals surface area contributed by atoms with Crippen molar-refractivity contribution in [2.45, 2.75) is 61.4 Å². The Morgan fingerprint density at radius 3 is 2.94 bits per heavy atom. The molecule has 1 heterocycles. The molecule has 92 valence electrons. The van der Waals surface area contributed by atoms with E-state index in [2.05, 4.69) is 15.7 Å². The summed E-state index contributed by atoms with van der Waals surface area (Å²) < 4.78 is 2.25. The van der Waals surface area contributed by atoms with Crippen molar-refractivity contribution in [1.29, 1.82) is 0 Å². The van der Waals surface area contributed by atoms with E-state index in [0.29, 0.717) is 11.8 Å². The van der Waals surface area contributed by atoms with E-state index >= 15 is 0 Å². The molecule has 1 atom stereocenters. The number of thioether (sulfide) groups is 1. The molecular formula is C13H18N2OS. The molecule has 0 radical (unpaired) electrons. The lowest BCUT2D eigenvalue weighted by Gasteiger charge is -2.13. The van der Waals surface area contributed by atoms with Crippen LogP contribution in [0.1, 0.15) is 51.0 Å². The number of hydrogen-bond acceptors (Lipinski definition) is 3. The van der Waals surface area contributed by atoms with Gasteiger partial charge >= 0.3 is 0 Å². The molecule has 2 saturated carbocycles. The highest BCUT2D eigenvalue weighted by molar-refractivity contribution is 8.00. The van der Waals surface area contributed by atoms with E-state index in [4.69, 9.17) is 0 Å². The maximum Gasteiger partial charge on any atom is 0.168 e. The fourth-order valence-corrected chi connectivity index (χ4v) is 3.64. The van der Waals surface area contributed by atoms with Crippen LogP contribution in [-0.2, 0) is 4.79 Å². The number of ketones is 1. The first-order valence-corrected chi connectivity index (χ1v) is 7.45. The first kappa shape index (κ1) is 11.3. The second-order valence-corrected chi connectivity index (χ2v) is 6.19. The Kier molecular flexibility index (Phi) is 3.23. The lowest BCUT2D eigenvalue weighted by atomic mass is 10.2. The third kappa shape index (κ3) is 2.57. The van der Waals surface area contributed by atoms with Gasteiger partial charge in [-0.15, -0.1) is 0 Å². The third-order valence-electron chi connectivity index (χ3n) is 3.57. The van der Waals surface area contributed by atoms with Crippen molar-refractivity contribution in [3.8, 4) is 0 Å². The Balaban J connectivity index is 1.71. The molecule has 3 rings (SSSR count). The number of hydrogen-bond donors (Lipinski definition) is 0. The van der Waals surface area contributed by atoms with Crippen molar-refractivity contribution >= 4 is 17.5 Å². The molecule has 17 heavy (non-hydrogen) atoms. The van der Waals surface area contributed by atoms with Gasteiger partial charge in [-0.25, -0.2) is 4.98 Å². The zero-order valence-electron chi connectivity index (χ0n) is 9.97. The Labute approximate surface area is 106 Å². The molecule has 2 fully saturated rings. The Morgan fingerprint density at radius 1 is 1.24 bits per heavy atom. The van der Waals surface area contributed by atoms with Crippen LogP contribution in [-0.4, -0.2) is 20.6 Å². The molecule has 0 amide bonds. The molecule has 2 aliphatic carbocycles. The van der Waals surface area contributed by atoms with Crippen molar-refractivity contribution in [3.05, 3.63) is 12.4 Å². The van der Waals surface area contributed by atoms with Gasteiger partial charge in [0, 0.05) is 24.9 Å². The van der Waals surface area contributed by atoms with E-state index in [9.17, 15) is 4.79 Å². The average molecular weight is 250 g/mol. The predicted molar refractivity (Wildman–Crippen MR) is 68.2 cm³/mol. The monoisotopic (exact) mass is 250 g/mol. The van der Waals surface area contributed by atoms with E-state index < -0.39 is 0 Å². The summed E-state index contributed by atoms with van der Waals surface area (Å²) in [4.78, 5) is 16.4. The first-order chi connectivity index (χ1) is 8.34. The topological polar surface area (TPSA) is 34.9 Å². The van der Waals surface area contributed by atoms with E-state index in [1.807, 2.05) is 6.20 Å². The summed E-state index contributed by atoms with van der Waals surface area (Å²) >= 11 is 1.69. The van der Waals surface area contributed by atoms with Crippen molar-refractivity contribution in [3.63, 3.8) is 0 Å². The minimum atomic E-state index is 0.150. The number of Topliss-reactive ketones (excluding diaryl/α,β-unsaturated/α-hetero) is 1. The molecule has 4 heteroatoms. The van der Waals surface area contributed by atoms with Crippen molar-refractivity contribution < 1.29 is 4.79 Å². The van der Waals surface area contributed by atoms with Gasteiger partial charge in [0.1, 0.15) is 5.78 Å². The van der Waals surface area contributed by atoms with E-state index in [1.54, 1.807) is 11.8 Å². The van der Waals surface area contributed by atoms with Gasteiger partial charge in [0.15, 0.2) is 5.16 Å². The van der Waals surface area contributed by atoms with Crippen LogP contribution >= 0.6 is 11.8 Å². The third-order valence-corrected chi connectivity index (χ3v) is 4.88. The lowest BCUT2D eigenvalue weighted by Crippen LogP contribution is -2.15. The van der Waals surface area contributed by atoms with Gasteiger partial charge in [0.25, 0.3) is 0 Å². The number of carbonyl (C=O) groups excluding carboxylic acids is 1. The van der Waals surface area contributed by atoms with Gasteiger partial charge in [0.05, 0.1) is 5.25 Å². The summed E-state index contributed by atoms with van der Waals surface area (Å²) in [6.07, 6.45) is 11.7. The zero-order chi connectivity index (χ0) is 11.7. The second-order valence-electron chi connectivity index (χ2n) is 5.02. The fourth-order valence-electron chi connectivity index (χ4n) is 2.40. The van der Waals surface area contributed by atoms with Gasteiger partial charge < -0.3 is 4.57 Å². The molecule has 0 unspecified atom stereocenters. The second kappa shape index (κ2) is 4.84. The molecule has 0 aromatic carbocycles. The number of aromatic nitrogens is 2. The van der Waals surface area contributed by atoms with Gasteiger partial charge in [-0.2, -0.15) is 0 Å². The fraction of sp³-hybridized carbons (Fsp3) is 0.692. The standard InChI is InChI=1S/C13H18N2OS/c16-11-4-2-1-3-5-12(11)17-13-14-8-9-15(13)10-6-7-10/h8-10,12H,1-7H2/t12-/m1/s1. The smallest absolute Gasteiger partial charge is 0.168 e. The molecule has 1 aromatic heterocycles. The number of imidazole rings is 1. The molecule has 3 nitrogen and oxygen atoms in total. The SMILES string of the molecule is O=C1CCCCC[C@H]1Sc1nccn1C1CC1. The maximum atomic E-state index is 12.0. The molecule has 2 aliphatic rings. The maximum absolute atomic E-state index is 12.0. The van der Waals surface area contributed by atoms with Crippen LogP contribution < -0.4 is 0 Å². The van der Waals surface area contributed by atoms with Crippen LogP contribution in [0.15, 0.2) is 17.6 Å². The van der Waals surface area contributed by atoms with Crippen molar-refractivity contribution in [2.24, 2.45) is 0 Å². The van der Waals surface area contributed by atoms with Gasteiger partial charge in [-0.05, 0) is 25.7 Å². The van der Waals surface area contributed by atoms with Crippen molar-refractivity contribution in [1.82, 2.24) is 9.55 Å². The van der Waals surface area contributed by atoms with Crippen LogP contribution in [0.4, 0.5) is 0 Å². The minimum absolute atomic E-state index is 0.150. The minimum Gasteiger partial charge on any atom is -0.323 e. The molecule has 0 saturated heterocycles. The summed E-state index contributed by atoms with van der Waals surface area (Å²) in [5.41, 5.74) is 0. The van der Waals surface area contributed by atoms with Gasteiger partial charge in [-0.1, -0.05) is 24.6 Å². The summed E-state index contributed by atoms with van der Waals surface area (Å²) in [6, 6.07) is 0.654. The predicted octanol–water partition coefficient (Wildman–Crippen LogP) is 3.21. The summed E-state index contributed by atoms with van der Waals surface area (Å²) in [7, 11) is 0. The van der Waals surface area contributed by atoms with Crippen LogP contribution in [0.3, 0.4) is 0 Å². The quantitative estimate of drug-likeness (QED) is 0.773. The molecule has 0 N–H and O–H groups in total. The summed E-state index contributed by atoms with van der Waals surface area (Å²) in [5.74, 6) is 0.429. The number of carbonyl (C=O) groups is 1. The van der Waals surface area contributed by atoms with E-state index in [0.717, 1.165) is 24.4 Å².